The highest BCUT2D eigenvalue weighted by molar-refractivity contribution is 6.45. The summed E-state index contributed by atoms with van der Waals surface area (Å²) in [6, 6.07) is 0. The van der Waals surface area contributed by atoms with Crippen LogP contribution in [0.3, 0.4) is 0 Å². The van der Waals surface area contributed by atoms with Crippen LogP contribution in [0.25, 0.3) is 0 Å². The maximum Gasteiger partial charge on any atom is 0.365 e. The van der Waals surface area contributed by atoms with Crippen LogP contribution in [0.4, 0.5) is 8.78 Å². The van der Waals surface area contributed by atoms with Crippen LogP contribution in [0.2, 0.25) is 0 Å². The molecule has 0 aromatic heterocycles. The second kappa shape index (κ2) is 4.27. The quantitative estimate of drug-likeness (QED) is 0.557. The Labute approximate surface area is 88.1 Å². The lowest BCUT2D eigenvalue weighted by Crippen LogP contribution is -2.51. The fourth-order valence-electron chi connectivity index (χ4n) is 0.513. The number of ether oxygens (including phenoxy) is 2. The van der Waals surface area contributed by atoms with E-state index in [0.717, 1.165) is 14.2 Å². The second-order valence-corrected chi connectivity index (χ2v) is 3.17. The van der Waals surface area contributed by atoms with Crippen molar-refractivity contribution in [3.05, 3.63) is 0 Å². The van der Waals surface area contributed by atoms with Crippen molar-refractivity contribution in [3.8, 4) is 0 Å². The molecule has 82 valence electrons. The number of methoxy groups -OCH3 is 2. The molecular weight excluding hydrogens is 245 g/mol. The van der Waals surface area contributed by atoms with Gasteiger partial charge in [0.15, 0.2) is 0 Å². The van der Waals surface area contributed by atoms with Gasteiger partial charge in [-0.05, 0) is 0 Å². The predicted molar refractivity (Wildman–Crippen MR) is 43.4 cm³/mol. The molecule has 0 aliphatic carbocycles. The number of esters is 2. The van der Waals surface area contributed by atoms with E-state index < -0.39 is 22.2 Å². The maximum absolute atomic E-state index is 13.2. The van der Waals surface area contributed by atoms with E-state index in [1.165, 1.54) is 0 Å². The summed E-state index contributed by atoms with van der Waals surface area (Å²) in [4.78, 5) is 21.3. The molecule has 4 nitrogen and oxygen atoms in total. The van der Waals surface area contributed by atoms with E-state index in [1.54, 1.807) is 0 Å². The van der Waals surface area contributed by atoms with Crippen LogP contribution in [-0.2, 0) is 19.1 Å². The third kappa shape index (κ3) is 2.06. The normalized spacial score (nSPS) is 19.0. The monoisotopic (exact) mass is 250 g/mol. The molecule has 8 heteroatoms. The molecule has 0 aromatic rings. The van der Waals surface area contributed by atoms with E-state index in [1.807, 2.05) is 0 Å². The Morgan fingerprint density at radius 3 is 1.36 bits per heavy atom. The number of rotatable bonds is 3. The van der Waals surface area contributed by atoms with Gasteiger partial charge < -0.3 is 9.47 Å². The van der Waals surface area contributed by atoms with E-state index in [-0.39, 0.29) is 0 Å². The minimum absolute atomic E-state index is 0.753. The van der Waals surface area contributed by atoms with Gasteiger partial charge in [0.1, 0.15) is 0 Å². The van der Waals surface area contributed by atoms with Gasteiger partial charge in [-0.3, -0.25) is 0 Å². The molecule has 0 aliphatic rings. The Kier molecular flexibility index (Phi) is 4.08. The summed E-state index contributed by atoms with van der Waals surface area (Å²) < 4.78 is 34.0. The van der Waals surface area contributed by atoms with Gasteiger partial charge in [0.25, 0.3) is 0 Å². The average molecular weight is 251 g/mol. The molecule has 0 heterocycles. The van der Waals surface area contributed by atoms with Gasteiger partial charge in [-0.25, -0.2) is 18.4 Å². The van der Waals surface area contributed by atoms with Crippen molar-refractivity contribution in [1.82, 2.24) is 0 Å². The van der Waals surface area contributed by atoms with Gasteiger partial charge in [-0.1, -0.05) is 23.2 Å². The van der Waals surface area contributed by atoms with Crippen LogP contribution in [0.1, 0.15) is 0 Å². The molecule has 0 N–H and O–H groups in total. The van der Waals surface area contributed by atoms with Crippen LogP contribution in [0, 0.1) is 0 Å². The number of carbonyl (C=O) groups is 2. The van der Waals surface area contributed by atoms with Gasteiger partial charge >= 0.3 is 22.2 Å². The zero-order valence-corrected chi connectivity index (χ0v) is 8.66. The Hall–Kier alpha value is -0.620. The van der Waals surface area contributed by atoms with Gasteiger partial charge in [-0.15, -0.1) is 0 Å². The smallest absolute Gasteiger partial charge is 0.365 e. The third-order valence-electron chi connectivity index (χ3n) is 1.28. The van der Waals surface area contributed by atoms with E-state index in [4.69, 9.17) is 23.2 Å². The van der Waals surface area contributed by atoms with E-state index in [0.29, 0.717) is 0 Å². The van der Waals surface area contributed by atoms with Crippen LogP contribution in [0.5, 0.6) is 0 Å². The molecule has 0 rings (SSSR count). The Balaban J connectivity index is 5.06. The molecule has 2 atom stereocenters. The van der Waals surface area contributed by atoms with Crippen molar-refractivity contribution >= 4 is 35.1 Å². The van der Waals surface area contributed by atoms with Crippen molar-refractivity contribution in [2.24, 2.45) is 0 Å². The summed E-state index contributed by atoms with van der Waals surface area (Å²) in [5.74, 6) is -3.66. The first-order chi connectivity index (χ1) is 6.21. The molecule has 0 aromatic carbocycles. The first-order valence-electron chi connectivity index (χ1n) is 3.14. The number of hydrogen-bond donors (Lipinski definition) is 0. The summed E-state index contributed by atoms with van der Waals surface area (Å²) in [5.41, 5.74) is 0. The zero-order valence-electron chi connectivity index (χ0n) is 7.14. The van der Waals surface area contributed by atoms with Gasteiger partial charge in [-0.2, -0.15) is 0 Å². The number of halogens is 4. The Morgan fingerprint density at radius 2 is 1.21 bits per heavy atom. The topological polar surface area (TPSA) is 52.6 Å². The number of carbonyl (C=O) groups excluding carboxylic acids is 2. The standard InChI is InChI=1S/C6H6Cl2F2O4/c1-13-3(11)5(7,9)6(8,10)4(12)14-2/h1-2H3. The molecule has 0 aliphatic heterocycles. The lowest BCUT2D eigenvalue weighted by molar-refractivity contribution is -0.166. The highest BCUT2D eigenvalue weighted by Crippen LogP contribution is 2.40. The minimum Gasteiger partial charge on any atom is -0.466 e. The summed E-state index contributed by atoms with van der Waals surface area (Å²) in [7, 11) is 1.51. The predicted octanol–water partition coefficient (Wildman–Crippen LogP) is 1.14. The molecule has 0 fully saturated rings. The fourth-order valence-corrected chi connectivity index (χ4v) is 0.821. The molecule has 0 saturated carbocycles. The van der Waals surface area contributed by atoms with E-state index >= 15 is 0 Å². The summed E-state index contributed by atoms with van der Waals surface area (Å²) in [6.07, 6.45) is 0. The lowest BCUT2D eigenvalue weighted by atomic mass is 10.2. The Bertz CT molecular complexity index is 228. The van der Waals surface area contributed by atoms with Gasteiger partial charge in [0.2, 0.25) is 0 Å². The van der Waals surface area contributed by atoms with Crippen molar-refractivity contribution in [2.75, 3.05) is 14.2 Å². The van der Waals surface area contributed by atoms with Crippen molar-refractivity contribution in [2.45, 2.75) is 10.3 Å². The van der Waals surface area contributed by atoms with E-state index in [2.05, 4.69) is 9.47 Å². The third-order valence-corrected chi connectivity index (χ3v) is 2.20. The van der Waals surface area contributed by atoms with Crippen molar-refractivity contribution in [3.63, 3.8) is 0 Å². The molecular formula is C6H6Cl2F2O4. The van der Waals surface area contributed by atoms with Crippen LogP contribution in [0.15, 0.2) is 0 Å². The van der Waals surface area contributed by atoms with E-state index in [9.17, 15) is 18.4 Å². The molecule has 0 saturated heterocycles. The first kappa shape index (κ1) is 13.4. The highest BCUT2D eigenvalue weighted by Gasteiger charge is 2.64. The molecule has 2 unspecified atom stereocenters. The van der Waals surface area contributed by atoms with Crippen LogP contribution >= 0.6 is 23.2 Å². The fraction of sp³-hybridized carbons (Fsp3) is 0.667. The summed E-state index contributed by atoms with van der Waals surface area (Å²) >= 11 is 9.61. The summed E-state index contributed by atoms with van der Waals surface area (Å²) in [5, 5.41) is -7.67. The average Bonchev–Trinajstić information content (AvgIpc) is 2.14. The second-order valence-electron chi connectivity index (χ2n) is 2.13. The zero-order chi connectivity index (χ0) is 11.6. The molecule has 0 amide bonds. The van der Waals surface area contributed by atoms with Crippen LogP contribution in [-0.4, -0.2) is 36.4 Å². The first-order valence-corrected chi connectivity index (χ1v) is 3.89. The number of hydrogen-bond acceptors (Lipinski definition) is 4. The summed E-state index contributed by atoms with van der Waals surface area (Å²) in [6.45, 7) is 0. The minimum atomic E-state index is -3.84. The van der Waals surface area contributed by atoms with Gasteiger partial charge in [0, 0.05) is 0 Å². The SMILES string of the molecule is COC(=O)C(F)(Cl)C(F)(Cl)C(=O)OC. The molecule has 14 heavy (non-hydrogen) atoms. The Morgan fingerprint density at radius 1 is 1.00 bits per heavy atom. The van der Waals surface area contributed by atoms with Crippen molar-refractivity contribution < 1.29 is 27.8 Å². The molecule has 0 bridgehead atoms. The maximum atomic E-state index is 13.2. The van der Waals surface area contributed by atoms with Crippen LogP contribution < -0.4 is 0 Å². The molecule has 0 spiro atoms. The van der Waals surface area contributed by atoms with Gasteiger partial charge in [0.05, 0.1) is 14.2 Å². The lowest BCUT2D eigenvalue weighted by Gasteiger charge is -2.24. The van der Waals surface area contributed by atoms with Crippen molar-refractivity contribution in [1.29, 1.82) is 0 Å². The molecule has 0 radical (unpaired) electrons. The number of alkyl halides is 4. The largest absolute Gasteiger partial charge is 0.466 e. The highest BCUT2D eigenvalue weighted by atomic mass is 35.5.